The van der Waals surface area contributed by atoms with E-state index in [1.54, 1.807) is 25.1 Å². The molecular weight excluding hydrogens is 358 g/mol. The molecule has 1 aliphatic heterocycles. The van der Waals surface area contributed by atoms with Gasteiger partial charge in [0.15, 0.2) is 17.3 Å². The summed E-state index contributed by atoms with van der Waals surface area (Å²) in [5, 5.41) is 3.15. The van der Waals surface area contributed by atoms with Crippen LogP contribution in [0.1, 0.15) is 17.3 Å². The molecule has 3 aromatic rings. The van der Waals surface area contributed by atoms with Gasteiger partial charge >= 0.3 is 5.97 Å². The lowest BCUT2D eigenvalue weighted by Gasteiger charge is -2.15. The highest BCUT2D eigenvalue weighted by atomic mass is 19.1. The molecule has 1 aromatic heterocycles. The highest BCUT2D eigenvalue weighted by Crippen LogP contribution is 2.37. The number of aromatic nitrogens is 1. The second-order valence-electron chi connectivity index (χ2n) is 5.74. The highest BCUT2D eigenvalue weighted by Gasteiger charge is 2.20. The van der Waals surface area contributed by atoms with E-state index in [4.69, 9.17) is 14.2 Å². The molecule has 8 heteroatoms. The fraction of sp³-hybridized carbons (Fsp3) is 0.158. The van der Waals surface area contributed by atoms with E-state index in [0.29, 0.717) is 17.2 Å². The molecule has 6 nitrogen and oxygen atoms in total. The van der Waals surface area contributed by atoms with E-state index in [-0.39, 0.29) is 35.6 Å². The number of anilines is 2. The molecule has 0 amide bonds. The number of esters is 1. The first kappa shape index (κ1) is 17.0. The van der Waals surface area contributed by atoms with E-state index >= 15 is 0 Å². The molecule has 0 fully saturated rings. The van der Waals surface area contributed by atoms with Crippen LogP contribution in [-0.4, -0.2) is 24.4 Å². The van der Waals surface area contributed by atoms with Gasteiger partial charge in [0.1, 0.15) is 16.9 Å². The van der Waals surface area contributed by atoms with Crippen LogP contribution in [0.3, 0.4) is 0 Å². The minimum Gasteiger partial charge on any atom is -0.462 e. The summed E-state index contributed by atoms with van der Waals surface area (Å²) < 4.78 is 43.6. The first-order chi connectivity index (χ1) is 13.1. The predicted octanol–water partition coefficient (Wildman–Crippen LogP) is 4.16. The highest BCUT2D eigenvalue weighted by molar-refractivity contribution is 6.06. The maximum absolute atomic E-state index is 14.1. The van der Waals surface area contributed by atoms with Gasteiger partial charge in [-0.2, -0.15) is 0 Å². The standard InChI is InChI=1S/C19H14F2N2O4/c1-2-25-19(24)13-8-22-18-12(5-10(20)6-14(18)21)17(13)23-11-3-4-15-16(7-11)27-9-26-15/h3-8H,2,9H2,1H3,(H,22,23). The summed E-state index contributed by atoms with van der Waals surface area (Å²) in [5.41, 5.74) is 0.734. The first-order valence-corrected chi connectivity index (χ1v) is 8.18. The van der Waals surface area contributed by atoms with Crippen LogP contribution < -0.4 is 14.8 Å². The maximum atomic E-state index is 14.1. The van der Waals surface area contributed by atoms with Crippen LogP contribution in [0.2, 0.25) is 0 Å². The van der Waals surface area contributed by atoms with Gasteiger partial charge in [-0.25, -0.2) is 13.6 Å². The zero-order valence-corrected chi connectivity index (χ0v) is 14.2. The average molecular weight is 372 g/mol. The SMILES string of the molecule is CCOC(=O)c1cnc2c(F)cc(F)cc2c1Nc1ccc2c(c1)OCO2. The van der Waals surface area contributed by atoms with Crippen molar-refractivity contribution in [3.8, 4) is 11.5 Å². The van der Waals surface area contributed by atoms with Crippen LogP contribution in [0.15, 0.2) is 36.5 Å². The number of carbonyl (C=O) groups excluding carboxylic acids is 1. The van der Waals surface area contributed by atoms with E-state index in [0.717, 1.165) is 12.1 Å². The molecule has 4 rings (SSSR count). The summed E-state index contributed by atoms with van der Waals surface area (Å²) in [6.07, 6.45) is 1.20. The topological polar surface area (TPSA) is 69.7 Å². The Kier molecular flexibility index (Phi) is 4.23. The predicted molar refractivity (Wildman–Crippen MR) is 93.5 cm³/mol. The number of rotatable bonds is 4. The summed E-state index contributed by atoms with van der Waals surface area (Å²) in [7, 11) is 0. The third kappa shape index (κ3) is 3.10. The van der Waals surface area contributed by atoms with Crippen molar-refractivity contribution in [3.63, 3.8) is 0 Å². The molecule has 138 valence electrons. The zero-order chi connectivity index (χ0) is 19.0. The molecule has 0 bridgehead atoms. The number of benzene rings is 2. The van der Waals surface area contributed by atoms with Gasteiger partial charge in [-0.05, 0) is 25.1 Å². The minimum absolute atomic E-state index is 0.0621. The molecule has 0 radical (unpaired) electrons. The maximum Gasteiger partial charge on any atom is 0.341 e. The van der Waals surface area contributed by atoms with E-state index < -0.39 is 17.6 Å². The van der Waals surface area contributed by atoms with Crippen LogP contribution in [0.4, 0.5) is 20.2 Å². The third-order valence-corrected chi connectivity index (χ3v) is 4.03. The molecular formula is C19H14F2N2O4. The lowest BCUT2D eigenvalue weighted by atomic mass is 10.1. The molecule has 0 aliphatic carbocycles. The van der Waals surface area contributed by atoms with Crippen LogP contribution in [-0.2, 0) is 4.74 Å². The Hall–Kier alpha value is -3.42. The van der Waals surface area contributed by atoms with E-state index in [1.807, 2.05) is 0 Å². The van der Waals surface area contributed by atoms with Crippen molar-refractivity contribution < 1.29 is 27.8 Å². The van der Waals surface area contributed by atoms with Crippen molar-refractivity contribution in [2.24, 2.45) is 0 Å². The van der Waals surface area contributed by atoms with Gasteiger partial charge in [0.2, 0.25) is 6.79 Å². The molecule has 0 saturated carbocycles. The fourth-order valence-corrected chi connectivity index (χ4v) is 2.84. The zero-order valence-electron chi connectivity index (χ0n) is 14.2. The smallest absolute Gasteiger partial charge is 0.341 e. The molecule has 0 atom stereocenters. The summed E-state index contributed by atoms with van der Waals surface area (Å²) in [4.78, 5) is 16.3. The second kappa shape index (κ2) is 6.71. The molecule has 2 heterocycles. The summed E-state index contributed by atoms with van der Waals surface area (Å²) in [5.74, 6) is -1.15. The Bertz CT molecular complexity index is 1060. The number of hydrogen-bond donors (Lipinski definition) is 1. The van der Waals surface area contributed by atoms with Crippen molar-refractivity contribution in [2.45, 2.75) is 6.92 Å². The Morgan fingerprint density at radius 1 is 1.22 bits per heavy atom. The third-order valence-electron chi connectivity index (χ3n) is 4.03. The van der Waals surface area contributed by atoms with Crippen LogP contribution in [0.5, 0.6) is 11.5 Å². The van der Waals surface area contributed by atoms with Crippen molar-refractivity contribution >= 4 is 28.2 Å². The molecule has 1 N–H and O–H groups in total. The largest absolute Gasteiger partial charge is 0.462 e. The van der Waals surface area contributed by atoms with Crippen LogP contribution in [0, 0.1) is 11.6 Å². The van der Waals surface area contributed by atoms with Gasteiger partial charge in [-0.3, -0.25) is 4.98 Å². The Morgan fingerprint density at radius 2 is 2.04 bits per heavy atom. The summed E-state index contributed by atoms with van der Waals surface area (Å²) in [6.45, 7) is 1.93. The van der Waals surface area contributed by atoms with E-state index in [9.17, 15) is 13.6 Å². The molecule has 0 spiro atoms. The van der Waals surface area contributed by atoms with Crippen LogP contribution in [0.25, 0.3) is 10.9 Å². The normalized spacial score (nSPS) is 12.3. The van der Waals surface area contributed by atoms with Crippen molar-refractivity contribution in [3.05, 3.63) is 53.7 Å². The van der Waals surface area contributed by atoms with E-state index in [1.165, 1.54) is 6.20 Å². The lowest BCUT2D eigenvalue weighted by molar-refractivity contribution is 0.0527. The number of pyridine rings is 1. The molecule has 0 saturated heterocycles. The molecule has 0 unspecified atom stereocenters. The van der Waals surface area contributed by atoms with Crippen LogP contribution >= 0.6 is 0 Å². The number of nitrogens with one attached hydrogen (secondary N) is 1. The number of halogens is 2. The van der Waals surface area contributed by atoms with Gasteiger partial charge in [-0.1, -0.05) is 0 Å². The fourth-order valence-electron chi connectivity index (χ4n) is 2.84. The quantitative estimate of drug-likeness (QED) is 0.694. The number of nitrogens with zero attached hydrogens (tertiary/aromatic N) is 1. The Balaban J connectivity index is 1.87. The van der Waals surface area contributed by atoms with Gasteiger partial charge in [0.05, 0.1) is 12.3 Å². The second-order valence-corrected chi connectivity index (χ2v) is 5.74. The number of hydrogen-bond acceptors (Lipinski definition) is 6. The van der Waals surface area contributed by atoms with Gasteiger partial charge in [-0.15, -0.1) is 0 Å². The van der Waals surface area contributed by atoms with Crippen molar-refractivity contribution in [1.29, 1.82) is 0 Å². The summed E-state index contributed by atoms with van der Waals surface area (Å²) >= 11 is 0. The average Bonchev–Trinajstić information content (AvgIpc) is 3.10. The monoisotopic (exact) mass is 372 g/mol. The molecule has 27 heavy (non-hydrogen) atoms. The van der Waals surface area contributed by atoms with Gasteiger partial charge in [0, 0.05) is 29.4 Å². The molecule has 1 aliphatic rings. The van der Waals surface area contributed by atoms with Gasteiger partial charge < -0.3 is 19.5 Å². The minimum atomic E-state index is -0.825. The number of carbonyl (C=O) groups is 1. The Morgan fingerprint density at radius 3 is 2.85 bits per heavy atom. The number of fused-ring (bicyclic) bond motifs is 2. The lowest BCUT2D eigenvalue weighted by Crippen LogP contribution is -2.09. The first-order valence-electron chi connectivity index (χ1n) is 8.18. The summed E-state index contributed by atoms with van der Waals surface area (Å²) in [6, 6.07) is 6.91. The Labute approximate surface area is 152 Å². The van der Waals surface area contributed by atoms with Gasteiger partial charge in [0.25, 0.3) is 0 Å². The van der Waals surface area contributed by atoms with E-state index in [2.05, 4.69) is 10.3 Å². The van der Waals surface area contributed by atoms with Crippen molar-refractivity contribution in [1.82, 2.24) is 4.98 Å². The van der Waals surface area contributed by atoms with Crippen molar-refractivity contribution in [2.75, 3.05) is 18.7 Å². The number of ether oxygens (including phenoxy) is 3. The molecule has 2 aromatic carbocycles.